The molecule has 0 heterocycles. The number of carbonyl (C=O) groups excluding carboxylic acids is 1. The standard InChI is InChI=1S/C15H14O/c1-2-12-7-3-5-9-14(12)15-10-6-4-8-13(15)11-16/h3-11H,2H2,1H3. The Kier molecular flexibility index (Phi) is 3.16. The van der Waals surface area contributed by atoms with Gasteiger partial charge >= 0.3 is 0 Å². The summed E-state index contributed by atoms with van der Waals surface area (Å²) >= 11 is 0. The number of carbonyl (C=O) groups is 1. The molecule has 0 saturated carbocycles. The molecule has 2 aromatic carbocycles. The normalized spacial score (nSPS) is 10.1. The van der Waals surface area contributed by atoms with E-state index in [1.54, 1.807) is 0 Å². The lowest BCUT2D eigenvalue weighted by Crippen LogP contribution is -1.91. The SMILES string of the molecule is CCc1ccccc1-c1ccccc1C=O. The van der Waals surface area contributed by atoms with Crippen molar-refractivity contribution in [3.63, 3.8) is 0 Å². The Hall–Kier alpha value is -1.89. The highest BCUT2D eigenvalue weighted by atomic mass is 16.1. The lowest BCUT2D eigenvalue weighted by atomic mass is 9.95. The molecule has 0 unspecified atom stereocenters. The molecule has 0 atom stereocenters. The molecule has 16 heavy (non-hydrogen) atoms. The molecule has 2 rings (SSSR count). The number of rotatable bonds is 3. The van der Waals surface area contributed by atoms with Crippen molar-refractivity contribution < 1.29 is 4.79 Å². The van der Waals surface area contributed by atoms with Crippen molar-refractivity contribution in [2.75, 3.05) is 0 Å². The maximum absolute atomic E-state index is 11.0. The van der Waals surface area contributed by atoms with E-state index in [2.05, 4.69) is 19.1 Å². The van der Waals surface area contributed by atoms with Crippen LogP contribution in [0, 0.1) is 0 Å². The van der Waals surface area contributed by atoms with Crippen molar-refractivity contribution in [1.29, 1.82) is 0 Å². The molecule has 80 valence electrons. The van der Waals surface area contributed by atoms with Crippen LogP contribution < -0.4 is 0 Å². The lowest BCUT2D eigenvalue weighted by molar-refractivity contribution is 0.112. The predicted molar refractivity (Wildman–Crippen MR) is 66.6 cm³/mol. The molecule has 0 amide bonds. The minimum absolute atomic E-state index is 0.753. The largest absolute Gasteiger partial charge is 0.298 e. The van der Waals surface area contributed by atoms with Gasteiger partial charge in [0.2, 0.25) is 0 Å². The summed E-state index contributed by atoms with van der Waals surface area (Å²) in [5.41, 5.74) is 4.21. The van der Waals surface area contributed by atoms with Crippen LogP contribution in [0.3, 0.4) is 0 Å². The second kappa shape index (κ2) is 4.75. The van der Waals surface area contributed by atoms with Gasteiger partial charge in [-0.1, -0.05) is 55.5 Å². The number of hydrogen-bond donors (Lipinski definition) is 0. The number of aldehydes is 1. The Balaban J connectivity index is 2.62. The van der Waals surface area contributed by atoms with Gasteiger partial charge in [0.05, 0.1) is 0 Å². The number of aryl methyl sites for hydroxylation is 1. The van der Waals surface area contributed by atoms with Crippen LogP contribution >= 0.6 is 0 Å². The van der Waals surface area contributed by atoms with E-state index in [0.29, 0.717) is 0 Å². The first kappa shape index (κ1) is 10.6. The molecule has 0 radical (unpaired) electrons. The van der Waals surface area contributed by atoms with Crippen molar-refractivity contribution in [2.45, 2.75) is 13.3 Å². The molecule has 0 N–H and O–H groups in total. The van der Waals surface area contributed by atoms with Gasteiger partial charge in [-0.15, -0.1) is 0 Å². The zero-order chi connectivity index (χ0) is 11.4. The van der Waals surface area contributed by atoms with Crippen molar-refractivity contribution in [2.24, 2.45) is 0 Å². The monoisotopic (exact) mass is 210 g/mol. The van der Waals surface area contributed by atoms with Crippen LogP contribution in [-0.4, -0.2) is 6.29 Å². The topological polar surface area (TPSA) is 17.1 Å². The Labute approximate surface area is 95.7 Å². The second-order valence-corrected chi connectivity index (χ2v) is 3.72. The van der Waals surface area contributed by atoms with Gasteiger partial charge in [-0.25, -0.2) is 0 Å². The van der Waals surface area contributed by atoms with Gasteiger partial charge < -0.3 is 0 Å². The molecule has 1 heteroatoms. The molecule has 0 bridgehead atoms. The Morgan fingerprint density at radius 3 is 2.25 bits per heavy atom. The fraction of sp³-hybridized carbons (Fsp3) is 0.133. The fourth-order valence-electron chi connectivity index (χ4n) is 1.94. The van der Waals surface area contributed by atoms with Crippen molar-refractivity contribution in [3.8, 4) is 11.1 Å². The van der Waals surface area contributed by atoms with E-state index in [0.717, 1.165) is 29.4 Å². The van der Waals surface area contributed by atoms with Gasteiger partial charge in [-0.3, -0.25) is 4.79 Å². The Bertz CT molecular complexity index is 500. The van der Waals surface area contributed by atoms with E-state index >= 15 is 0 Å². The first-order valence-corrected chi connectivity index (χ1v) is 5.49. The molecule has 0 spiro atoms. The van der Waals surface area contributed by atoms with Crippen LogP contribution in [0.1, 0.15) is 22.8 Å². The summed E-state index contributed by atoms with van der Waals surface area (Å²) in [4.78, 5) is 11.0. The second-order valence-electron chi connectivity index (χ2n) is 3.72. The van der Waals surface area contributed by atoms with E-state index < -0.39 is 0 Å². The molecule has 0 aliphatic heterocycles. The quantitative estimate of drug-likeness (QED) is 0.705. The summed E-state index contributed by atoms with van der Waals surface area (Å²) in [5, 5.41) is 0. The maximum Gasteiger partial charge on any atom is 0.150 e. The van der Waals surface area contributed by atoms with E-state index in [4.69, 9.17) is 0 Å². The molecule has 0 aliphatic carbocycles. The smallest absolute Gasteiger partial charge is 0.150 e. The molecule has 0 saturated heterocycles. The molecular weight excluding hydrogens is 196 g/mol. The van der Waals surface area contributed by atoms with Gasteiger partial charge in [0.15, 0.2) is 6.29 Å². The Morgan fingerprint density at radius 2 is 1.56 bits per heavy atom. The molecule has 0 aromatic heterocycles. The van der Waals surface area contributed by atoms with E-state index in [9.17, 15) is 4.79 Å². The zero-order valence-corrected chi connectivity index (χ0v) is 9.31. The van der Waals surface area contributed by atoms with Gasteiger partial charge in [0.1, 0.15) is 0 Å². The average Bonchev–Trinajstić information content (AvgIpc) is 2.38. The highest BCUT2D eigenvalue weighted by Crippen LogP contribution is 2.26. The van der Waals surface area contributed by atoms with Gasteiger partial charge in [0.25, 0.3) is 0 Å². The Morgan fingerprint density at radius 1 is 0.938 bits per heavy atom. The van der Waals surface area contributed by atoms with Gasteiger partial charge in [-0.2, -0.15) is 0 Å². The predicted octanol–water partition coefficient (Wildman–Crippen LogP) is 3.73. The van der Waals surface area contributed by atoms with Crippen LogP contribution in [0.15, 0.2) is 48.5 Å². The third kappa shape index (κ3) is 1.89. The van der Waals surface area contributed by atoms with Crippen LogP contribution in [0.25, 0.3) is 11.1 Å². The minimum Gasteiger partial charge on any atom is -0.298 e. The first-order chi connectivity index (χ1) is 7.86. The summed E-state index contributed by atoms with van der Waals surface area (Å²) in [5.74, 6) is 0. The molecule has 0 fully saturated rings. The number of benzene rings is 2. The fourth-order valence-corrected chi connectivity index (χ4v) is 1.94. The average molecular weight is 210 g/mol. The van der Waals surface area contributed by atoms with Crippen LogP contribution in [0.2, 0.25) is 0 Å². The summed E-state index contributed by atoms with van der Waals surface area (Å²) in [6, 6.07) is 15.9. The van der Waals surface area contributed by atoms with Crippen molar-refractivity contribution >= 4 is 6.29 Å². The highest BCUT2D eigenvalue weighted by molar-refractivity contribution is 5.88. The molecule has 2 aromatic rings. The first-order valence-electron chi connectivity index (χ1n) is 5.49. The third-order valence-corrected chi connectivity index (χ3v) is 2.78. The van der Waals surface area contributed by atoms with Gasteiger partial charge in [-0.05, 0) is 23.1 Å². The van der Waals surface area contributed by atoms with Crippen LogP contribution in [0.4, 0.5) is 0 Å². The van der Waals surface area contributed by atoms with Crippen molar-refractivity contribution in [1.82, 2.24) is 0 Å². The van der Waals surface area contributed by atoms with Gasteiger partial charge in [0, 0.05) is 5.56 Å². The summed E-state index contributed by atoms with van der Waals surface area (Å²) in [7, 11) is 0. The van der Waals surface area contributed by atoms with Crippen molar-refractivity contribution in [3.05, 3.63) is 59.7 Å². The lowest BCUT2D eigenvalue weighted by Gasteiger charge is -2.09. The summed E-state index contributed by atoms with van der Waals surface area (Å²) in [6.07, 6.45) is 1.89. The van der Waals surface area contributed by atoms with Crippen LogP contribution in [-0.2, 0) is 6.42 Å². The maximum atomic E-state index is 11.0. The zero-order valence-electron chi connectivity index (χ0n) is 9.31. The number of hydrogen-bond acceptors (Lipinski definition) is 1. The molecule has 1 nitrogen and oxygen atoms in total. The molecule has 0 aliphatic rings. The van der Waals surface area contributed by atoms with E-state index in [-0.39, 0.29) is 0 Å². The molecular formula is C15H14O. The highest BCUT2D eigenvalue weighted by Gasteiger charge is 2.06. The van der Waals surface area contributed by atoms with Crippen LogP contribution in [0.5, 0.6) is 0 Å². The summed E-state index contributed by atoms with van der Waals surface area (Å²) < 4.78 is 0. The minimum atomic E-state index is 0.753. The third-order valence-electron chi connectivity index (χ3n) is 2.78. The van der Waals surface area contributed by atoms with E-state index in [1.807, 2.05) is 36.4 Å². The van der Waals surface area contributed by atoms with E-state index in [1.165, 1.54) is 5.56 Å². The summed E-state index contributed by atoms with van der Waals surface area (Å²) in [6.45, 7) is 2.13.